The van der Waals surface area contributed by atoms with Gasteiger partial charge in [-0.3, -0.25) is 9.59 Å². The second kappa shape index (κ2) is 10.1. The van der Waals surface area contributed by atoms with Gasteiger partial charge in [-0.15, -0.1) is 0 Å². The molecule has 2 saturated heterocycles. The molecule has 8 heteroatoms. The Morgan fingerprint density at radius 1 is 1.06 bits per heavy atom. The highest BCUT2D eigenvalue weighted by Crippen LogP contribution is 2.33. The van der Waals surface area contributed by atoms with Gasteiger partial charge >= 0.3 is 0 Å². The highest BCUT2D eigenvalue weighted by Gasteiger charge is 2.32. The fraction of sp³-hybridized carbons (Fsp3) is 0.750. The van der Waals surface area contributed by atoms with Crippen LogP contribution < -0.4 is 5.32 Å². The van der Waals surface area contributed by atoms with Crippen LogP contribution in [0.3, 0.4) is 0 Å². The summed E-state index contributed by atoms with van der Waals surface area (Å²) < 4.78 is 0. The first-order chi connectivity index (χ1) is 15.5. The van der Waals surface area contributed by atoms with Crippen molar-refractivity contribution in [1.82, 2.24) is 24.7 Å². The van der Waals surface area contributed by atoms with Crippen LogP contribution in [0.2, 0.25) is 0 Å². The Kier molecular flexibility index (Phi) is 7.28. The molecule has 3 aliphatic rings. The molecule has 1 unspecified atom stereocenters. The molecule has 4 rings (SSSR count). The lowest BCUT2D eigenvalue weighted by Gasteiger charge is -2.37. The summed E-state index contributed by atoms with van der Waals surface area (Å²) in [6, 6.07) is -0.0548. The van der Waals surface area contributed by atoms with Crippen LogP contribution in [0.1, 0.15) is 75.5 Å². The third kappa shape index (κ3) is 5.05. The Bertz CT molecular complexity index is 819. The number of carbonyl (C=O) groups excluding carboxylic acids is 2. The van der Waals surface area contributed by atoms with E-state index in [1.165, 1.54) is 12.8 Å². The van der Waals surface area contributed by atoms with Gasteiger partial charge in [0, 0.05) is 52.0 Å². The molecule has 0 spiro atoms. The fourth-order valence-electron chi connectivity index (χ4n) is 5.24. The average Bonchev–Trinajstić information content (AvgIpc) is 2.82. The first kappa shape index (κ1) is 23.0. The second-order valence-corrected chi connectivity index (χ2v) is 9.67. The van der Waals surface area contributed by atoms with E-state index in [4.69, 9.17) is 9.97 Å². The zero-order valence-electron chi connectivity index (χ0n) is 19.9. The molecule has 1 N–H and O–H groups in total. The lowest BCUT2D eigenvalue weighted by Crippen LogP contribution is -2.42. The van der Waals surface area contributed by atoms with E-state index in [1.807, 2.05) is 16.8 Å². The topological polar surface area (TPSA) is 81.7 Å². The summed E-state index contributed by atoms with van der Waals surface area (Å²) in [5.74, 6) is 2.65. The molecular formula is C24H38N6O2. The predicted molar refractivity (Wildman–Crippen MR) is 124 cm³/mol. The van der Waals surface area contributed by atoms with Crippen molar-refractivity contribution in [3.05, 3.63) is 17.1 Å². The van der Waals surface area contributed by atoms with Crippen LogP contribution in [-0.4, -0.2) is 76.3 Å². The number of amides is 2. The lowest BCUT2D eigenvalue weighted by molar-refractivity contribution is -0.135. The van der Waals surface area contributed by atoms with E-state index >= 15 is 0 Å². The molecule has 32 heavy (non-hydrogen) atoms. The molecule has 1 atom stereocenters. The summed E-state index contributed by atoms with van der Waals surface area (Å²) in [7, 11) is 1.86. The number of nitrogens with one attached hydrogen (secondary N) is 1. The summed E-state index contributed by atoms with van der Waals surface area (Å²) in [6.07, 6.45) is 6.81. The monoisotopic (exact) mass is 442 g/mol. The van der Waals surface area contributed by atoms with Gasteiger partial charge in [-0.1, -0.05) is 6.92 Å². The van der Waals surface area contributed by atoms with E-state index in [0.717, 1.165) is 80.7 Å². The quantitative estimate of drug-likeness (QED) is 0.755. The Hall–Kier alpha value is -2.22. The molecule has 0 aromatic carbocycles. The van der Waals surface area contributed by atoms with E-state index in [1.54, 1.807) is 6.92 Å². The smallest absolute Gasteiger partial charge is 0.224 e. The van der Waals surface area contributed by atoms with Gasteiger partial charge in [0.05, 0.1) is 18.3 Å². The lowest BCUT2D eigenvalue weighted by atomic mass is 9.98. The van der Waals surface area contributed by atoms with Crippen LogP contribution in [0, 0.1) is 5.92 Å². The van der Waals surface area contributed by atoms with Crippen molar-refractivity contribution >= 4 is 17.6 Å². The number of carbonyl (C=O) groups is 2. The van der Waals surface area contributed by atoms with Crippen molar-refractivity contribution in [2.45, 2.75) is 71.4 Å². The summed E-state index contributed by atoms with van der Waals surface area (Å²) in [4.78, 5) is 41.2. The first-order valence-corrected chi connectivity index (χ1v) is 12.3. The van der Waals surface area contributed by atoms with Crippen molar-refractivity contribution < 1.29 is 9.59 Å². The van der Waals surface area contributed by atoms with Crippen molar-refractivity contribution in [2.24, 2.45) is 5.92 Å². The van der Waals surface area contributed by atoms with Gasteiger partial charge in [0.1, 0.15) is 5.82 Å². The van der Waals surface area contributed by atoms with Crippen molar-refractivity contribution in [3.8, 4) is 0 Å². The maximum Gasteiger partial charge on any atom is 0.224 e. The molecule has 8 nitrogen and oxygen atoms in total. The van der Waals surface area contributed by atoms with Crippen LogP contribution >= 0.6 is 0 Å². The number of piperidine rings is 2. The van der Waals surface area contributed by atoms with E-state index in [2.05, 4.69) is 17.1 Å². The van der Waals surface area contributed by atoms with Crippen molar-refractivity contribution in [1.29, 1.82) is 0 Å². The third-order valence-electron chi connectivity index (χ3n) is 7.40. The number of fused-ring (bicyclic) bond motifs is 1. The van der Waals surface area contributed by atoms with Gasteiger partial charge in [-0.25, -0.2) is 9.97 Å². The van der Waals surface area contributed by atoms with Gasteiger partial charge < -0.3 is 20.0 Å². The predicted octanol–water partition coefficient (Wildman–Crippen LogP) is 2.60. The Balaban J connectivity index is 1.48. The molecule has 1 aromatic heterocycles. The third-order valence-corrected chi connectivity index (χ3v) is 7.40. The van der Waals surface area contributed by atoms with Crippen LogP contribution in [0.15, 0.2) is 0 Å². The largest absolute Gasteiger partial charge is 0.373 e. The number of likely N-dealkylation sites (tertiary alicyclic amines) is 2. The molecular weight excluding hydrogens is 404 g/mol. The number of aromatic nitrogens is 2. The molecule has 176 valence electrons. The van der Waals surface area contributed by atoms with Gasteiger partial charge in [0.15, 0.2) is 5.82 Å². The summed E-state index contributed by atoms with van der Waals surface area (Å²) in [5.41, 5.74) is 2.02. The van der Waals surface area contributed by atoms with Crippen molar-refractivity contribution in [3.63, 3.8) is 0 Å². The molecule has 1 aromatic rings. The molecule has 0 bridgehead atoms. The number of anilines is 1. The zero-order valence-corrected chi connectivity index (χ0v) is 19.9. The zero-order chi connectivity index (χ0) is 22.7. The van der Waals surface area contributed by atoms with Crippen LogP contribution in [-0.2, 0) is 22.6 Å². The Labute approximate surface area is 191 Å². The minimum absolute atomic E-state index is 0.0548. The van der Waals surface area contributed by atoms with Crippen LogP contribution in [0.5, 0.6) is 0 Å². The summed E-state index contributed by atoms with van der Waals surface area (Å²) in [6.45, 7) is 9.00. The standard InChI is InChI=1S/C24H38N6O2/c1-17-7-12-28(13-8-17)14-10-22(32)30-11-5-4-6-21(30)24-26-20-9-15-29(18(2)31)16-19(20)23(25-3)27-24/h17,21H,4-16H2,1-3H3,(H,25,26,27). The number of rotatable bonds is 5. The average molecular weight is 443 g/mol. The maximum atomic E-state index is 13.2. The van der Waals surface area contributed by atoms with Gasteiger partial charge in [-0.2, -0.15) is 0 Å². The SMILES string of the molecule is CNc1nc(C2CCCCN2C(=O)CCN2CCC(C)CC2)nc2c1CN(C(C)=O)CC2. The molecule has 2 fully saturated rings. The Morgan fingerprint density at radius 2 is 1.84 bits per heavy atom. The number of hydrogen-bond acceptors (Lipinski definition) is 6. The highest BCUT2D eigenvalue weighted by atomic mass is 16.2. The van der Waals surface area contributed by atoms with E-state index in [0.29, 0.717) is 19.5 Å². The minimum Gasteiger partial charge on any atom is -0.373 e. The second-order valence-electron chi connectivity index (χ2n) is 9.67. The van der Waals surface area contributed by atoms with E-state index in [9.17, 15) is 9.59 Å². The molecule has 0 saturated carbocycles. The van der Waals surface area contributed by atoms with Gasteiger partial charge in [0.2, 0.25) is 11.8 Å². The van der Waals surface area contributed by atoms with E-state index < -0.39 is 0 Å². The van der Waals surface area contributed by atoms with Crippen LogP contribution in [0.4, 0.5) is 5.82 Å². The fourth-order valence-corrected chi connectivity index (χ4v) is 5.24. The number of nitrogens with zero attached hydrogens (tertiary/aromatic N) is 5. The van der Waals surface area contributed by atoms with E-state index in [-0.39, 0.29) is 17.9 Å². The summed E-state index contributed by atoms with van der Waals surface area (Å²) in [5, 5.41) is 3.21. The van der Waals surface area contributed by atoms with Gasteiger partial charge in [-0.05, 0) is 51.1 Å². The molecule has 0 aliphatic carbocycles. The maximum absolute atomic E-state index is 13.2. The molecule has 3 aliphatic heterocycles. The van der Waals surface area contributed by atoms with Gasteiger partial charge in [0.25, 0.3) is 0 Å². The normalized spacial score (nSPS) is 22.5. The Morgan fingerprint density at radius 3 is 2.56 bits per heavy atom. The first-order valence-electron chi connectivity index (χ1n) is 12.3. The molecule has 2 amide bonds. The molecule has 0 radical (unpaired) electrons. The van der Waals surface area contributed by atoms with Crippen molar-refractivity contribution in [2.75, 3.05) is 45.1 Å². The summed E-state index contributed by atoms with van der Waals surface area (Å²) >= 11 is 0. The molecule has 4 heterocycles. The van der Waals surface area contributed by atoms with Crippen LogP contribution in [0.25, 0.3) is 0 Å². The number of hydrogen-bond donors (Lipinski definition) is 1. The highest BCUT2D eigenvalue weighted by molar-refractivity contribution is 5.77. The minimum atomic E-state index is -0.0548.